The first-order chi connectivity index (χ1) is 19.2. The molecule has 1 saturated heterocycles. The van der Waals surface area contributed by atoms with Crippen LogP contribution in [0.3, 0.4) is 0 Å². The Morgan fingerprint density at radius 2 is 1.73 bits per heavy atom. The van der Waals surface area contributed by atoms with Gasteiger partial charge in [0.05, 0.1) is 45.0 Å². The Labute approximate surface area is 230 Å². The molecule has 0 spiro atoms. The Hall–Kier alpha value is -4.33. The van der Waals surface area contributed by atoms with Crippen LogP contribution in [0.4, 0.5) is 15.8 Å². The topological polar surface area (TPSA) is 143 Å². The second-order valence-corrected chi connectivity index (χ2v) is 11.4. The average Bonchev–Trinajstić information content (AvgIpc) is 3.35. The van der Waals surface area contributed by atoms with Crippen molar-refractivity contribution in [1.82, 2.24) is 14.8 Å². The number of carbonyl (C=O) groups is 2. The number of anilines is 2. The number of nitrogens with zero attached hydrogens (tertiary/aromatic N) is 4. The predicted molar refractivity (Wildman–Crippen MR) is 149 cm³/mol. The van der Waals surface area contributed by atoms with E-state index in [0.29, 0.717) is 22.3 Å². The van der Waals surface area contributed by atoms with Crippen molar-refractivity contribution in [2.45, 2.75) is 9.79 Å². The van der Waals surface area contributed by atoms with Crippen LogP contribution in [-0.2, 0) is 14.6 Å². The second kappa shape index (κ2) is 11.0. The van der Waals surface area contributed by atoms with Crippen molar-refractivity contribution in [3.8, 4) is 0 Å². The highest BCUT2D eigenvalue weighted by atomic mass is 32.2. The number of nitrogens with two attached hydrogens (primary N) is 1. The first-order valence-corrected chi connectivity index (χ1v) is 14.0. The Morgan fingerprint density at radius 3 is 2.45 bits per heavy atom. The molecular weight excluding hydrogens is 537 g/mol. The number of carbonyl (C=O) groups excluding carboxylic acids is 2. The Bertz CT molecular complexity index is 1700. The fraction of sp³-hybridized carbons (Fsp3) is 0.222. The quantitative estimate of drug-likeness (QED) is 0.309. The number of nitrogens with one attached hydrogen (secondary N) is 2. The third-order valence-electron chi connectivity index (χ3n) is 6.74. The highest BCUT2D eigenvalue weighted by Crippen LogP contribution is 2.31. The summed E-state index contributed by atoms with van der Waals surface area (Å²) in [6.07, 6.45) is 1.41. The van der Waals surface area contributed by atoms with Crippen LogP contribution in [0.2, 0.25) is 0 Å². The molecule has 0 bridgehead atoms. The number of amides is 2. The summed E-state index contributed by atoms with van der Waals surface area (Å²) < 4.78 is 39.7. The van der Waals surface area contributed by atoms with Crippen molar-refractivity contribution in [1.29, 1.82) is 0 Å². The van der Waals surface area contributed by atoms with Gasteiger partial charge in [0.2, 0.25) is 15.7 Å². The minimum atomic E-state index is -3.97. The molecule has 208 valence electrons. The summed E-state index contributed by atoms with van der Waals surface area (Å²) in [6.45, 7) is 2.85. The molecule has 3 aromatic carbocycles. The maximum absolute atomic E-state index is 13.6. The number of aromatic nitrogens is 2. The van der Waals surface area contributed by atoms with Gasteiger partial charge in [0, 0.05) is 31.6 Å². The predicted octanol–water partition coefficient (Wildman–Crippen LogP) is 2.04. The second-order valence-electron chi connectivity index (χ2n) is 9.42. The van der Waals surface area contributed by atoms with E-state index in [-0.39, 0.29) is 21.9 Å². The number of benzene rings is 3. The molecule has 1 aliphatic rings. The zero-order valence-corrected chi connectivity index (χ0v) is 22.5. The molecule has 13 heteroatoms. The van der Waals surface area contributed by atoms with Crippen LogP contribution < -0.4 is 21.4 Å². The molecule has 1 aromatic heterocycles. The van der Waals surface area contributed by atoms with Crippen molar-refractivity contribution >= 4 is 43.9 Å². The van der Waals surface area contributed by atoms with E-state index in [9.17, 15) is 22.4 Å². The van der Waals surface area contributed by atoms with Gasteiger partial charge in [0.15, 0.2) is 0 Å². The van der Waals surface area contributed by atoms with Gasteiger partial charge < -0.3 is 20.9 Å². The summed E-state index contributed by atoms with van der Waals surface area (Å²) in [5.74, 6) is -1.63. The highest BCUT2D eigenvalue weighted by Gasteiger charge is 2.24. The van der Waals surface area contributed by atoms with Gasteiger partial charge in [-0.2, -0.15) is 9.89 Å². The van der Waals surface area contributed by atoms with Gasteiger partial charge in [0.25, 0.3) is 5.91 Å². The van der Waals surface area contributed by atoms with Gasteiger partial charge in [-0.05, 0) is 55.6 Å². The Kier molecular flexibility index (Phi) is 7.52. The van der Waals surface area contributed by atoms with Crippen molar-refractivity contribution in [3.05, 3.63) is 78.2 Å². The van der Waals surface area contributed by atoms with Crippen molar-refractivity contribution in [2.24, 2.45) is 5.73 Å². The SMILES string of the molecule is CN1CCN(c2cccc(C(=O)Nn3ncc4cc(S(=O)(=O)c5cccc(F)c5)ccc43)c2NC(=O)CN)CC1. The standard InChI is InChI=1S/C27H28FN7O4S/c1-33-10-12-34(13-11-33)24-7-3-6-22(26(24)31-25(36)16-29)27(37)32-35-23-9-8-21(14-18(23)17-30-35)40(38,39)20-5-2-4-19(28)15-20/h2-9,14-15,17H,10-13,16,29H2,1H3,(H,31,36)(H,32,37). The highest BCUT2D eigenvalue weighted by molar-refractivity contribution is 7.91. The largest absolute Gasteiger partial charge is 0.367 e. The van der Waals surface area contributed by atoms with E-state index in [1.165, 1.54) is 47.4 Å². The Morgan fingerprint density at radius 1 is 1.00 bits per heavy atom. The van der Waals surface area contributed by atoms with Crippen molar-refractivity contribution in [3.63, 3.8) is 0 Å². The van der Waals surface area contributed by atoms with E-state index in [1.807, 2.05) is 13.1 Å². The number of rotatable bonds is 7. The van der Waals surface area contributed by atoms with Crippen LogP contribution in [0.5, 0.6) is 0 Å². The number of halogens is 1. The number of likely N-dealkylation sites (N-methyl/N-ethyl adjacent to an activating group) is 1. The third-order valence-corrected chi connectivity index (χ3v) is 8.49. The lowest BCUT2D eigenvalue weighted by atomic mass is 10.1. The third kappa shape index (κ3) is 5.39. The first kappa shape index (κ1) is 27.2. The molecule has 2 amide bonds. The summed E-state index contributed by atoms with van der Waals surface area (Å²) in [7, 11) is -1.94. The van der Waals surface area contributed by atoms with Gasteiger partial charge in [-0.1, -0.05) is 12.1 Å². The number of fused-ring (bicyclic) bond motifs is 1. The molecule has 11 nitrogen and oxygen atoms in total. The van der Waals surface area contributed by atoms with E-state index in [0.717, 1.165) is 32.2 Å². The number of piperazine rings is 1. The molecule has 0 aliphatic carbocycles. The maximum Gasteiger partial charge on any atom is 0.273 e. The summed E-state index contributed by atoms with van der Waals surface area (Å²) in [5.41, 5.74) is 9.96. The fourth-order valence-electron chi connectivity index (χ4n) is 4.56. The van der Waals surface area contributed by atoms with E-state index >= 15 is 0 Å². The van der Waals surface area contributed by atoms with Crippen LogP contribution >= 0.6 is 0 Å². The maximum atomic E-state index is 13.6. The van der Waals surface area contributed by atoms with Crippen LogP contribution in [0.15, 0.2) is 76.7 Å². The van der Waals surface area contributed by atoms with Crippen molar-refractivity contribution < 1.29 is 22.4 Å². The van der Waals surface area contributed by atoms with Crippen molar-refractivity contribution in [2.75, 3.05) is 55.4 Å². The lowest BCUT2D eigenvalue weighted by molar-refractivity contribution is -0.114. The molecule has 4 N–H and O–H groups in total. The zero-order valence-electron chi connectivity index (χ0n) is 21.7. The zero-order chi connectivity index (χ0) is 28.4. The summed E-state index contributed by atoms with van der Waals surface area (Å²) in [6, 6.07) is 14.2. The summed E-state index contributed by atoms with van der Waals surface area (Å²) >= 11 is 0. The summed E-state index contributed by atoms with van der Waals surface area (Å²) in [5, 5.41) is 7.43. The van der Waals surface area contributed by atoms with Crippen LogP contribution in [0.1, 0.15) is 10.4 Å². The minimum Gasteiger partial charge on any atom is -0.367 e. The number of sulfone groups is 1. The van der Waals surface area contributed by atoms with Gasteiger partial charge in [-0.15, -0.1) is 0 Å². The fourth-order valence-corrected chi connectivity index (χ4v) is 5.88. The van der Waals surface area contributed by atoms with Gasteiger partial charge in [-0.3, -0.25) is 9.59 Å². The molecule has 40 heavy (non-hydrogen) atoms. The first-order valence-electron chi connectivity index (χ1n) is 12.5. The van der Waals surface area contributed by atoms with E-state index in [2.05, 4.69) is 25.6 Å². The summed E-state index contributed by atoms with van der Waals surface area (Å²) in [4.78, 5) is 31.1. The van der Waals surface area contributed by atoms with Gasteiger partial charge >= 0.3 is 0 Å². The smallest absolute Gasteiger partial charge is 0.273 e. The molecule has 0 saturated carbocycles. The molecule has 5 rings (SSSR count). The van der Waals surface area contributed by atoms with Crippen LogP contribution in [0.25, 0.3) is 10.9 Å². The van der Waals surface area contributed by atoms with E-state index in [4.69, 9.17) is 5.73 Å². The monoisotopic (exact) mass is 565 g/mol. The average molecular weight is 566 g/mol. The molecule has 1 fully saturated rings. The van der Waals surface area contributed by atoms with Gasteiger partial charge in [0.1, 0.15) is 5.82 Å². The molecule has 0 radical (unpaired) electrons. The molecular formula is C27H28FN7O4S. The molecule has 1 aliphatic heterocycles. The van der Waals surface area contributed by atoms with E-state index < -0.39 is 27.5 Å². The number of hydrogen-bond acceptors (Lipinski definition) is 8. The minimum absolute atomic E-state index is 0.0388. The lowest BCUT2D eigenvalue weighted by Crippen LogP contribution is -2.45. The van der Waals surface area contributed by atoms with E-state index in [1.54, 1.807) is 12.1 Å². The molecule has 4 aromatic rings. The lowest BCUT2D eigenvalue weighted by Gasteiger charge is -2.35. The van der Waals surface area contributed by atoms with Crippen LogP contribution in [0, 0.1) is 5.82 Å². The Balaban J connectivity index is 1.45. The molecule has 0 unspecified atom stereocenters. The molecule has 2 heterocycles. The normalized spacial score (nSPS) is 14.3. The number of hydrogen-bond donors (Lipinski definition) is 3. The molecule has 0 atom stereocenters. The number of para-hydroxylation sites is 1. The van der Waals surface area contributed by atoms with Gasteiger partial charge in [-0.25, -0.2) is 18.2 Å². The van der Waals surface area contributed by atoms with Crippen LogP contribution in [-0.4, -0.2) is 74.8 Å².